The Labute approximate surface area is 132 Å². The van der Waals surface area contributed by atoms with E-state index in [9.17, 15) is 8.42 Å². The Morgan fingerprint density at radius 3 is 2.73 bits per heavy atom. The second kappa shape index (κ2) is 6.23. The molecule has 2 bridgehead atoms. The summed E-state index contributed by atoms with van der Waals surface area (Å²) in [5.41, 5.74) is 1.05. The first-order valence-electron chi connectivity index (χ1n) is 7.78. The molecule has 0 aromatic carbocycles. The van der Waals surface area contributed by atoms with Crippen LogP contribution in [-0.2, 0) is 16.8 Å². The number of aromatic nitrogens is 1. The van der Waals surface area contributed by atoms with Crippen LogP contribution in [0.3, 0.4) is 0 Å². The average molecular weight is 324 g/mol. The van der Waals surface area contributed by atoms with E-state index in [0.29, 0.717) is 12.5 Å². The van der Waals surface area contributed by atoms with Crippen molar-refractivity contribution in [2.24, 2.45) is 5.92 Å². The number of piperidine rings is 1. The van der Waals surface area contributed by atoms with Crippen molar-refractivity contribution in [1.29, 1.82) is 0 Å². The molecule has 3 aliphatic rings. The van der Waals surface area contributed by atoms with Crippen LogP contribution in [0.5, 0.6) is 0 Å². The predicted octanol–water partition coefficient (Wildman–Crippen LogP) is 0.784. The van der Waals surface area contributed by atoms with Gasteiger partial charge in [0, 0.05) is 52.5 Å². The van der Waals surface area contributed by atoms with Crippen molar-refractivity contribution in [2.75, 3.05) is 33.7 Å². The Hall–Kier alpha value is -1.02. The third-order valence-corrected chi connectivity index (χ3v) is 6.57. The fourth-order valence-electron chi connectivity index (χ4n) is 3.48. The summed E-state index contributed by atoms with van der Waals surface area (Å²) in [6.45, 7) is 3.18. The Kier molecular flexibility index (Phi) is 4.49. The summed E-state index contributed by atoms with van der Waals surface area (Å²) in [4.78, 5) is 6.75. The van der Waals surface area contributed by atoms with E-state index in [4.69, 9.17) is 0 Å². The van der Waals surface area contributed by atoms with Crippen molar-refractivity contribution in [1.82, 2.24) is 18.5 Å². The quantitative estimate of drug-likeness (QED) is 0.821. The van der Waals surface area contributed by atoms with E-state index in [-0.39, 0.29) is 6.04 Å². The lowest BCUT2D eigenvalue weighted by molar-refractivity contribution is 0.215. The van der Waals surface area contributed by atoms with Crippen molar-refractivity contribution in [3.63, 3.8) is 0 Å². The second-order valence-electron chi connectivity index (χ2n) is 6.47. The zero-order chi connectivity index (χ0) is 15.7. The van der Waals surface area contributed by atoms with Crippen molar-refractivity contribution in [2.45, 2.75) is 25.4 Å². The summed E-state index contributed by atoms with van der Waals surface area (Å²) in [5, 5.41) is 0. The normalized spacial score (nSPS) is 27.2. The molecule has 0 aliphatic carbocycles. The summed E-state index contributed by atoms with van der Waals surface area (Å²) in [6.07, 6.45) is 3.88. The van der Waals surface area contributed by atoms with Gasteiger partial charge in [-0.3, -0.25) is 9.88 Å². The third-order valence-electron chi connectivity index (χ3n) is 4.61. The molecule has 22 heavy (non-hydrogen) atoms. The van der Waals surface area contributed by atoms with E-state index >= 15 is 0 Å². The molecule has 3 fully saturated rings. The number of rotatable bonds is 4. The summed E-state index contributed by atoms with van der Waals surface area (Å²) in [6, 6.07) is 6.02. The molecule has 4 rings (SSSR count). The Morgan fingerprint density at radius 1 is 1.23 bits per heavy atom. The standard InChI is InChI=1S/C15H24N4O2S/c1-17(2)22(20,21)19-10-13-6-7-15(19)12-18(9-13)11-14-5-3-4-8-16-14/h3-5,8,13,15H,6-7,9-12H2,1-2H3/t13-,15+/m0/s1. The van der Waals surface area contributed by atoms with Gasteiger partial charge in [-0.05, 0) is 30.9 Å². The molecule has 3 aliphatic heterocycles. The molecule has 3 saturated heterocycles. The minimum Gasteiger partial charge on any atom is -0.296 e. The van der Waals surface area contributed by atoms with E-state index in [1.54, 1.807) is 18.4 Å². The lowest BCUT2D eigenvalue weighted by Gasteiger charge is -2.36. The van der Waals surface area contributed by atoms with Gasteiger partial charge in [0.25, 0.3) is 10.2 Å². The van der Waals surface area contributed by atoms with Crippen LogP contribution in [-0.4, -0.2) is 66.7 Å². The zero-order valence-electron chi connectivity index (χ0n) is 13.2. The van der Waals surface area contributed by atoms with Crippen LogP contribution < -0.4 is 0 Å². The highest BCUT2D eigenvalue weighted by atomic mass is 32.2. The molecule has 4 heterocycles. The van der Waals surface area contributed by atoms with Gasteiger partial charge in [0.15, 0.2) is 0 Å². The third kappa shape index (κ3) is 3.17. The van der Waals surface area contributed by atoms with E-state index in [1.165, 1.54) is 4.31 Å². The number of pyridine rings is 1. The maximum Gasteiger partial charge on any atom is 0.281 e. The molecule has 1 aromatic rings. The molecule has 0 N–H and O–H groups in total. The average Bonchev–Trinajstić information content (AvgIpc) is 2.78. The molecule has 0 radical (unpaired) electrons. The summed E-state index contributed by atoms with van der Waals surface area (Å²) >= 11 is 0. The monoisotopic (exact) mass is 324 g/mol. The zero-order valence-corrected chi connectivity index (χ0v) is 14.0. The molecule has 122 valence electrons. The summed E-state index contributed by atoms with van der Waals surface area (Å²) in [5.74, 6) is 0.414. The lowest BCUT2D eigenvalue weighted by atomic mass is 9.97. The van der Waals surface area contributed by atoms with Gasteiger partial charge in [0.2, 0.25) is 0 Å². The molecular weight excluding hydrogens is 300 g/mol. The number of nitrogens with zero attached hydrogens (tertiary/aromatic N) is 4. The van der Waals surface area contributed by atoms with Gasteiger partial charge < -0.3 is 0 Å². The number of fused-ring (bicyclic) bond motifs is 4. The first kappa shape index (κ1) is 15.9. The van der Waals surface area contributed by atoms with Gasteiger partial charge in [-0.25, -0.2) is 0 Å². The van der Waals surface area contributed by atoms with E-state index < -0.39 is 10.2 Å². The van der Waals surface area contributed by atoms with Crippen LogP contribution in [0.2, 0.25) is 0 Å². The van der Waals surface area contributed by atoms with E-state index in [1.807, 2.05) is 24.4 Å². The van der Waals surface area contributed by atoms with Gasteiger partial charge >= 0.3 is 0 Å². The largest absolute Gasteiger partial charge is 0.296 e. The fraction of sp³-hybridized carbons (Fsp3) is 0.667. The molecule has 1 aromatic heterocycles. The Balaban J connectivity index is 1.76. The van der Waals surface area contributed by atoms with Crippen LogP contribution in [0.1, 0.15) is 18.5 Å². The molecular formula is C15H24N4O2S. The minimum atomic E-state index is -3.33. The molecule has 0 unspecified atom stereocenters. The summed E-state index contributed by atoms with van der Waals surface area (Å²) in [7, 11) is -0.105. The van der Waals surface area contributed by atoms with Crippen LogP contribution in [0.4, 0.5) is 0 Å². The Morgan fingerprint density at radius 2 is 2.05 bits per heavy atom. The smallest absolute Gasteiger partial charge is 0.281 e. The Bertz CT molecular complexity index is 605. The van der Waals surface area contributed by atoms with E-state index in [2.05, 4.69) is 9.88 Å². The van der Waals surface area contributed by atoms with Crippen LogP contribution >= 0.6 is 0 Å². The molecule has 0 spiro atoms. The van der Waals surface area contributed by atoms with Crippen LogP contribution in [0, 0.1) is 5.92 Å². The second-order valence-corrected chi connectivity index (χ2v) is 8.57. The first-order chi connectivity index (χ1) is 10.5. The summed E-state index contributed by atoms with van der Waals surface area (Å²) < 4.78 is 28.1. The van der Waals surface area contributed by atoms with Gasteiger partial charge in [0.05, 0.1) is 5.69 Å². The van der Waals surface area contributed by atoms with E-state index in [0.717, 1.165) is 38.2 Å². The van der Waals surface area contributed by atoms with Gasteiger partial charge in [-0.2, -0.15) is 17.0 Å². The molecule has 2 atom stereocenters. The highest BCUT2D eigenvalue weighted by Gasteiger charge is 2.41. The number of hydrogen-bond donors (Lipinski definition) is 0. The SMILES string of the molecule is CN(C)S(=O)(=O)N1C[C@H]2CC[C@@H]1CN(Cc1ccccn1)C2. The predicted molar refractivity (Wildman–Crippen MR) is 85.3 cm³/mol. The van der Waals surface area contributed by atoms with Crippen LogP contribution in [0.25, 0.3) is 0 Å². The molecule has 0 amide bonds. The van der Waals surface area contributed by atoms with Gasteiger partial charge in [0.1, 0.15) is 0 Å². The molecule has 7 heteroatoms. The maximum atomic E-state index is 12.5. The minimum absolute atomic E-state index is 0.0786. The topological polar surface area (TPSA) is 56.8 Å². The maximum absolute atomic E-state index is 12.5. The van der Waals surface area contributed by atoms with Gasteiger partial charge in [-0.1, -0.05) is 6.07 Å². The first-order valence-corrected chi connectivity index (χ1v) is 9.18. The highest BCUT2D eigenvalue weighted by Crippen LogP contribution is 2.31. The molecule has 0 saturated carbocycles. The van der Waals surface area contributed by atoms with Crippen molar-refractivity contribution < 1.29 is 8.42 Å². The van der Waals surface area contributed by atoms with Crippen molar-refractivity contribution >= 4 is 10.2 Å². The van der Waals surface area contributed by atoms with Gasteiger partial charge in [-0.15, -0.1) is 0 Å². The fourth-order valence-corrected chi connectivity index (χ4v) is 4.85. The van der Waals surface area contributed by atoms with Crippen molar-refractivity contribution in [3.8, 4) is 0 Å². The lowest BCUT2D eigenvalue weighted by Crippen LogP contribution is -2.51. The number of hydrogen-bond acceptors (Lipinski definition) is 4. The molecule has 6 nitrogen and oxygen atoms in total. The highest BCUT2D eigenvalue weighted by molar-refractivity contribution is 7.86. The van der Waals surface area contributed by atoms with Crippen LogP contribution in [0.15, 0.2) is 24.4 Å². The van der Waals surface area contributed by atoms with Crippen molar-refractivity contribution in [3.05, 3.63) is 30.1 Å².